The highest BCUT2D eigenvalue weighted by Gasteiger charge is 2.37. The Morgan fingerprint density at radius 3 is 2.47 bits per heavy atom. The number of barbiturate groups is 1. The molecule has 3 aromatic rings. The lowest BCUT2D eigenvalue weighted by Gasteiger charge is -2.27. The lowest BCUT2D eigenvalue weighted by molar-refractivity contribution is -0.384. The molecule has 4 rings (SSSR count). The standard InChI is InChI=1S/C26H19Br2N3O7/c1-14-8-17(6-7-20(14)27)30-25(33)19(24(32)29-26(30)34)10-16-11-22(37-2)23(12-21(16)28)38-13-15-4-3-5-18(9-15)31(35)36/h3-12H,13H2,1-2H3,(H,29,32,34)/b19-10+. The molecule has 0 aliphatic carbocycles. The van der Waals surface area contributed by atoms with Crippen molar-refractivity contribution in [2.45, 2.75) is 13.5 Å². The zero-order chi connectivity index (χ0) is 27.6. The molecule has 3 aromatic carbocycles. The van der Waals surface area contributed by atoms with Crippen LogP contribution < -0.4 is 19.7 Å². The molecule has 0 saturated carbocycles. The molecule has 0 atom stereocenters. The number of anilines is 1. The molecule has 0 radical (unpaired) electrons. The number of aryl methyl sites for hydroxylation is 1. The van der Waals surface area contributed by atoms with Crippen molar-refractivity contribution in [1.29, 1.82) is 0 Å². The first-order valence-electron chi connectivity index (χ1n) is 11.0. The van der Waals surface area contributed by atoms with Crippen LogP contribution >= 0.6 is 31.9 Å². The van der Waals surface area contributed by atoms with E-state index in [0.717, 1.165) is 14.9 Å². The van der Waals surface area contributed by atoms with Gasteiger partial charge in [-0.2, -0.15) is 0 Å². The minimum absolute atomic E-state index is 0.0372. The summed E-state index contributed by atoms with van der Waals surface area (Å²) in [5.74, 6) is -0.987. The second-order valence-corrected chi connectivity index (χ2v) is 9.84. The van der Waals surface area contributed by atoms with Gasteiger partial charge in [0.15, 0.2) is 11.5 Å². The predicted octanol–water partition coefficient (Wildman–Crippen LogP) is 5.68. The second kappa shape index (κ2) is 11.2. The van der Waals surface area contributed by atoms with Crippen molar-refractivity contribution >= 4 is 67.2 Å². The van der Waals surface area contributed by atoms with Gasteiger partial charge in [-0.05, 0) is 60.0 Å². The first kappa shape index (κ1) is 27.0. The summed E-state index contributed by atoms with van der Waals surface area (Å²) in [4.78, 5) is 49.8. The number of carbonyl (C=O) groups is 3. The maximum absolute atomic E-state index is 13.3. The van der Waals surface area contributed by atoms with Crippen LogP contribution in [0.4, 0.5) is 16.2 Å². The van der Waals surface area contributed by atoms with Crippen molar-refractivity contribution in [3.05, 3.63) is 95.9 Å². The van der Waals surface area contributed by atoms with Crippen LogP contribution in [0, 0.1) is 17.0 Å². The lowest BCUT2D eigenvalue weighted by Crippen LogP contribution is -2.54. The molecule has 1 N–H and O–H groups in total. The van der Waals surface area contributed by atoms with Crippen molar-refractivity contribution in [2.75, 3.05) is 12.0 Å². The summed E-state index contributed by atoms with van der Waals surface area (Å²) in [7, 11) is 1.43. The third kappa shape index (κ3) is 5.60. The highest BCUT2D eigenvalue weighted by Crippen LogP contribution is 2.36. The van der Waals surface area contributed by atoms with E-state index in [1.54, 1.807) is 42.5 Å². The maximum atomic E-state index is 13.3. The minimum Gasteiger partial charge on any atom is -0.493 e. The Hall–Kier alpha value is -4.03. The molecule has 1 fully saturated rings. The summed E-state index contributed by atoms with van der Waals surface area (Å²) < 4.78 is 12.5. The number of ether oxygens (including phenoxy) is 2. The van der Waals surface area contributed by atoms with Gasteiger partial charge in [-0.25, -0.2) is 9.69 Å². The van der Waals surface area contributed by atoms with Gasteiger partial charge in [0.05, 0.1) is 17.7 Å². The maximum Gasteiger partial charge on any atom is 0.335 e. The van der Waals surface area contributed by atoms with Crippen molar-refractivity contribution in [1.82, 2.24) is 5.32 Å². The number of rotatable bonds is 7. The fourth-order valence-electron chi connectivity index (χ4n) is 3.67. The zero-order valence-electron chi connectivity index (χ0n) is 20.0. The van der Waals surface area contributed by atoms with Gasteiger partial charge >= 0.3 is 6.03 Å². The van der Waals surface area contributed by atoms with E-state index in [1.807, 2.05) is 6.92 Å². The van der Waals surface area contributed by atoms with Gasteiger partial charge in [0.25, 0.3) is 17.5 Å². The Balaban J connectivity index is 1.63. The van der Waals surface area contributed by atoms with E-state index in [0.29, 0.717) is 32.8 Å². The molecule has 194 valence electrons. The first-order chi connectivity index (χ1) is 18.1. The second-order valence-electron chi connectivity index (χ2n) is 8.13. The SMILES string of the molecule is COc1cc(/C=C2\C(=O)NC(=O)N(c3ccc(Br)c(C)c3)C2=O)c(Br)cc1OCc1cccc([N+](=O)[O-])c1. The van der Waals surface area contributed by atoms with Crippen LogP contribution in [0.5, 0.6) is 11.5 Å². The molecule has 38 heavy (non-hydrogen) atoms. The Morgan fingerprint density at radius 2 is 1.79 bits per heavy atom. The van der Waals surface area contributed by atoms with Crippen molar-refractivity contribution in [3.8, 4) is 11.5 Å². The van der Waals surface area contributed by atoms with Gasteiger partial charge in [0.1, 0.15) is 12.2 Å². The number of halogens is 2. The highest BCUT2D eigenvalue weighted by molar-refractivity contribution is 9.10. The summed E-state index contributed by atoms with van der Waals surface area (Å²) in [6, 6.07) is 13.3. The quantitative estimate of drug-likeness (QED) is 0.152. The number of nitro groups is 1. The molecular weight excluding hydrogens is 626 g/mol. The summed E-state index contributed by atoms with van der Waals surface area (Å²) in [5.41, 5.74) is 1.82. The van der Waals surface area contributed by atoms with E-state index < -0.39 is 22.8 Å². The molecule has 4 amide bonds. The average molecular weight is 645 g/mol. The molecule has 0 unspecified atom stereocenters. The number of imide groups is 2. The van der Waals surface area contributed by atoms with E-state index in [2.05, 4.69) is 37.2 Å². The summed E-state index contributed by atoms with van der Waals surface area (Å²) >= 11 is 6.81. The predicted molar refractivity (Wildman–Crippen MR) is 146 cm³/mol. The summed E-state index contributed by atoms with van der Waals surface area (Å²) in [5, 5.41) is 13.2. The number of urea groups is 1. The molecule has 0 bridgehead atoms. The molecule has 1 heterocycles. The van der Waals surface area contributed by atoms with Crippen LogP contribution in [-0.2, 0) is 16.2 Å². The summed E-state index contributed by atoms with van der Waals surface area (Å²) in [6.45, 7) is 1.85. The highest BCUT2D eigenvalue weighted by atomic mass is 79.9. The minimum atomic E-state index is -0.847. The number of nitrogens with one attached hydrogen (secondary N) is 1. The fourth-order valence-corrected chi connectivity index (χ4v) is 4.35. The number of methoxy groups -OCH3 is 1. The van der Waals surface area contributed by atoms with Gasteiger partial charge < -0.3 is 9.47 Å². The van der Waals surface area contributed by atoms with Crippen molar-refractivity contribution in [2.24, 2.45) is 0 Å². The molecule has 1 aliphatic heterocycles. The van der Waals surface area contributed by atoms with Gasteiger partial charge in [0, 0.05) is 21.1 Å². The monoisotopic (exact) mass is 643 g/mol. The molecule has 1 aliphatic rings. The van der Waals surface area contributed by atoms with Gasteiger partial charge in [-0.1, -0.05) is 44.0 Å². The number of benzene rings is 3. The van der Waals surface area contributed by atoms with Gasteiger partial charge in [0.2, 0.25) is 0 Å². The number of amides is 4. The average Bonchev–Trinajstić information content (AvgIpc) is 2.88. The number of nitro benzene ring substituents is 1. The summed E-state index contributed by atoms with van der Waals surface area (Å²) in [6.07, 6.45) is 1.35. The molecule has 12 heteroatoms. The fraction of sp³-hybridized carbons (Fsp3) is 0.115. The lowest BCUT2D eigenvalue weighted by atomic mass is 10.1. The van der Waals surface area contributed by atoms with Crippen LogP contribution in [0.15, 0.2) is 69.1 Å². The number of carbonyl (C=O) groups excluding carboxylic acids is 3. The first-order valence-corrected chi connectivity index (χ1v) is 12.6. The normalized spacial score (nSPS) is 14.5. The Kier molecular flexibility index (Phi) is 7.93. The number of hydrogen-bond donors (Lipinski definition) is 1. The zero-order valence-corrected chi connectivity index (χ0v) is 23.2. The van der Waals surface area contributed by atoms with Crippen LogP contribution in [0.2, 0.25) is 0 Å². The Labute approximate surface area is 233 Å². The smallest absolute Gasteiger partial charge is 0.335 e. The number of nitrogens with zero attached hydrogens (tertiary/aromatic N) is 2. The van der Waals surface area contributed by atoms with Gasteiger partial charge in [-0.15, -0.1) is 0 Å². The van der Waals surface area contributed by atoms with E-state index in [4.69, 9.17) is 9.47 Å². The van der Waals surface area contributed by atoms with E-state index in [9.17, 15) is 24.5 Å². The van der Waals surface area contributed by atoms with Crippen LogP contribution in [0.25, 0.3) is 6.08 Å². The Bertz CT molecular complexity index is 1520. The third-order valence-electron chi connectivity index (χ3n) is 5.60. The van der Waals surface area contributed by atoms with E-state index in [-0.39, 0.29) is 17.9 Å². The van der Waals surface area contributed by atoms with Gasteiger partial charge in [-0.3, -0.25) is 25.0 Å². The molecule has 1 saturated heterocycles. The van der Waals surface area contributed by atoms with E-state index >= 15 is 0 Å². The molecular formula is C26H19Br2N3O7. The largest absolute Gasteiger partial charge is 0.493 e. The van der Waals surface area contributed by atoms with Crippen LogP contribution in [-0.4, -0.2) is 29.9 Å². The van der Waals surface area contributed by atoms with Crippen molar-refractivity contribution in [3.63, 3.8) is 0 Å². The van der Waals surface area contributed by atoms with Crippen molar-refractivity contribution < 1.29 is 28.8 Å². The number of hydrogen-bond acceptors (Lipinski definition) is 7. The number of non-ortho nitro benzene ring substituents is 1. The molecule has 0 spiro atoms. The molecule has 10 nitrogen and oxygen atoms in total. The van der Waals surface area contributed by atoms with E-state index in [1.165, 1.54) is 25.3 Å². The topological polar surface area (TPSA) is 128 Å². The molecule has 0 aromatic heterocycles. The van der Waals surface area contributed by atoms with Crippen LogP contribution in [0.3, 0.4) is 0 Å². The van der Waals surface area contributed by atoms with Crippen LogP contribution in [0.1, 0.15) is 16.7 Å². The third-order valence-corrected chi connectivity index (χ3v) is 7.18. The Morgan fingerprint density at radius 1 is 1.03 bits per heavy atom.